The summed E-state index contributed by atoms with van der Waals surface area (Å²) in [6.07, 6.45) is 4.82. The third-order valence-electron chi connectivity index (χ3n) is 4.63. The average molecular weight is 334 g/mol. The van der Waals surface area contributed by atoms with Crippen molar-refractivity contribution in [3.05, 3.63) is 41.6 Å². The van der Waals surface area contributed by atoms with Crippen LogP contribution in [0, 0.1) is 12.8 Å². The molecule has 3 N–H and O–H groups in total. The number of rotatable bonds is 4. The molecular weight excluding hydrogens is 310 g/mol. The van der Waals surface area contributed by atoms with Gasteiger partial charge in [0.15, 0.2) is 0 Å². The maximum atomic E-state index is 12.7. The minimum Gasteiger partial charge on any atom is -0.348 e. The highest BCUT2D eigenvalue weighted by atomic mass is 35.5. The molecule has 1 unspecified atom stereocenters. The van der Waals surface area contributed by atoms with Crippen molar-refractivity contribution < 1.29 is 4.79 Å². The quantitative estimate of drug-likeness (QED) is 0.902. The fourth-order valence-electron chi connectivity index (χ4n) is 3.47. The summed E-state index contributed by atoms with van der Waals surface area (Å²) in [7, 11) is 0. The third kappa shape index (κ3) is 3.82. The summed E-state index contributed by atoms with van der Waals surface area (Å²) in [6.45, 7) is 2.42. The Morgan fingerprint density at radius 1 is 1.35 bits per heavy atom. The van der Waals surface area contributed by atoms with Crippen molar-refractivity contribution in [2.24, 2.45) is 11.7 Å². The molecule has 23 heavy (non-hydrogen) atoms. The number of nitrogens with two attached hydrogens (primary N) is 1. The van der Waals surface area contributed by atoms with E-state index in [1.54, 1.807) is 0 Å². The SMILES string of the molecule is Cc1cc(C(=O)NC(CN)C2CCCC2)c2ccccc2n1.Cl. The molecule has 4 nitrogen and oxygen atoms in total. The summed E-state index contributed by atoms with van der Waals surface area (Å²) in [5.41, 5.74) is 8.30. The van der Waals surface area contributed by atoms with E-state index in [-0.39, 0.29) is 24.4 Å². The standard InChI is InChI=1S/C18H23N3O.ClH/c1-12-10-15(14-8-4-5-9-16(14)20-12)18(22)21-17(11-19)13-6-2-3-7-13;/h4-5,8-10,13,17H,2-3,6-7,11,19H2,1H3,(H,21,22);1H. The van der Waals surface area contributed by atoms with Crippen LogP contribution in [-0.2, 0) is 0 Å². The minimum absolute atomic E-state index is 0. The zero-order valence-electron chi connectivity index (χ0n) is 13.4. The number of aryl methyl sites for hydroxylation is 1. The molecule has 1 heterocycles. The number of para-hydroxylation sites is 1. The van der Waals surface area contributed by atoms with Crippen LogP contribution in [0.2, 0.25) is 0 Å². The third-order valence-corrected chi connectivity index (χ3v) is 4.63. The highest BCUT2D eigenvalue weighted by Gasteiger charge is 2.26. The Balaban J connectivity index is 0.00000192. The van der Waals surface area contributed by atoms with Gasteiger partial charge in [-0.25, -0.2) is 0 Å². The Morgan fingerprint density at radius 2 is 2.04 bits per heavy atom. The number of hydrogen-bond acceptors (Lipinski definition) is 3. The van der Waals surface area contributed by atoms with Gasteiger partial charge in [-0.3, -0.25) is 9.78 Å². The molecule has 1 aromatic heterocycles. The molecule has 0 radical (unpaired) electrons. The molecule has 1 fully saturated rings. The molecule has 0 saturated heterocycles. The number of nitrogens with zero attached hydrogens (tertiary/aromatic N) is 1. The van der Waals surface area contributed by atoms with Gasteiger partial charge >= 0.3 is 0 Å². The molecule has 1 aliphatic carbocycles. The number of nitrogens with one attached hydrogen (secondary N) is 1. The number of amides is 1. The van der Waals surface area contributed by atoms with Crippen molar-refractivity contribution in [1.29, 1.82) is 0 Å². The Bertz CT molecular complexity index is 683. The molecule has 124 valence electrons. The highest BCUT2D eigenvalue weighted by Crippen LogP contribution is 2.28. The highest BCUT2D eigenvalue weighted by molar-refractivity contribution is 6.06. The number of fused-ring (bicyclic) bond motifs is 1. The zero-order chi connectivity index (χ0) is 15.5. The van der Waals surface area contributed by atoms with Gasteiger partial charge in [0.2, 0.25) is 0 Å². The number of aromatic nitrogens is 1. The van der Waals surface area contributed by atoms with Crippen molar-refractivity contribution in [3.63, 3.8) is 0 Å². The monoisotopic (exact) mass is 333 g/mol. The van der Waals surface area contributed by atoms with Gasteiger partial charge in [0.05, 0.1) is 11.1 Å². The van der Waals surface area contributed by atoms with Gasteiger partial charge in [0.1, 0.15) is 0 Å². The van der Waals surface area contributed by atoms with Crippen LogP contribution >= 0.6 is 12.4 Å². The van der Waals surface area contributed by atoms with E-state index in [1.807, 2.05) is 37.3 Å². The lowest BCUT2D eigenvalue weighted by Crippen LogP contribution is -2.44. The predicted octanol–water partition coefficient (Wildman–Crippen LogP) is 3.21. The van der Waals surface area contributed by atoms with Crippen molar-refractivity contribution in [2.45, 2.75) is 38.6 Å². The van der Waals surface area contributed by atoms with E-state index >= 15 is 0 Å². The first-order valence-corrected chi connectivity index (χ1v) is 8.06. The van der Waals surface area contributed by atoms with Crippen LogP contribution in [0.4, 0.5) is 0 Å². The van der Waals surface area contributed by atoms with Crippen LogP contribution < -0.4 is 11.1 Å². The molecule has 1 atom stereocenters. The van der Waals surface area contributed by atoms with Gasteiger partial charge in [0, 0.05) is 23.7 Å². The van der Waals surface area contributed by atoms with E-state index in [9.17, 15) is 4.79 Å². The van der Waals surface area contributed by atoms with Crippen molar-refractivity contribution in [2.75, 3.05) is 6.54 Å². The lowest BCUT2D eigenvalue weighted by Gasteiger charge is -2.23. The summed E-state index contributed by atoms with van der Waals surface area (Å²) in [5.74, 6) is 0.479. The number of carbonyl (C=O) groups excluding carboxylic acids is 1. The summed E-state index contributed by atoms with van der Waals surface area (Å²) in [6, 6.07) is 9.70. The van der Waals surface area contributed by atoms with E-state index in [2.05, 4.69) is 10.3 Å². The van der Waals surface area contributed by atoms with E-state index < -0.39 is 0 Å². The topological polar surface area (TPSA) is 68.0 Å². The van der Waals surface area contributed by atoms with Gasteiger partial charge in [-0.2, -0.15) is 0 Å². The first-order valence-electron chi connectivity index (χ1n) is 8.06. The van der Waals surface area contributed by atoms with E-state index in [0.29, 0.717) is 18.0 Å². The van der Waals surface area contributed by atoms with Crippen LogP contribution in [0.5, 0.6) is 0 Å². The van der Waals surface area contributed by atoms with Crippen LogP contribution in [0.15, 0.2) is 30.3 Å². The van der Waals surface area contributed by atoms with Crippen LogP contribution in [0.3, 0.4) is 0 Å². The molecule has 1 aromatic carbocycles. The normalized spacial score (nSPS) is 16.1. The summed E-state index contributed by atoms with van der Waals surface area (Å²) >= 11 is 0. The molecule has 1 amide bonds. The Kier molecular flexibility index (Phi) is 5.97. The fourth-order valence-corrected chi connectivity index (χ4v) is 3.47. The zero-order valence-corrected chi connectivity index (χ0v) is 14.2. The molecule has 0 aliphatic heterocycles. The van der Waals surface area contributed by atoms with E-state index in [1.165, 1.54) is 12.8 Å². The second kappa shape index (κ2) is 7.75. The summed E-state index contributed by atoms with van der Waals surface area (Å²) in [4.78, 5) is 17.2. The van der Waals surface area contributed by atoms with Crippen LogP contribution in [-0.4, -0.2) is 23.5 Å². The van der Waals surface area contributed by atoms with Gasteiger partial charge in [-0.15, -0.1) is 12.4 Å². The molecular formula is C18H24ClN3O. The van der Waals surface area contributed by atoms with Crippen LogP contribution in [0.1, 0.15) is 41.7 Å². The molecule has 2 aromatic rings. The van der Waals surface area contributed by atoms with Gasteiger partial charge in [0.25, 0.3) is 5.91 Å². The second-order valence-corrected chi connectivity index (χ2v) is 6.19. The largest absolute Gasteiger partial charge is 0.348 e. The molecule has 3 rings (SSSR count). The van der Waals surface area contributed by atoms with Crippen molar-refractivity contribution in [1.82, 2.24) is 10.3 Å². The average Bonchev–Trinajstić information content (AvgIpc) is 3.05. The molecule has 1 saturated carbocycles. The van der Waals surface area contributed by atoms with Crippen molar-refractivity contribution >= 4 is 29.2 Å². The molecule has 1 aliphatic rings. The number of hydrogen-bond donors (Lipinski definition) is 2. The summed E-state index contributed by atoms with van der Waals surface area (Å²) in [5, 5.41) is 4.05. The Labute approximate surface area is 143 Å². The first-order chi connectivity index (χ1) is 10.7. The first kappa shape index (κ1) is 17.7. The molecule has 0 spiro atoms. The molecule has 0 bridgehead atoms. The number of carbonyl (C=O) groups is 1. The Morgan fingerprint density at radius 3 is 2.74 bits per heavy atom. The van der Waals surface area contributed by atoms with Gasteiger partial charge < -0.3 is 11.1 Å². The Hall–Kier alpha value is -1.65. The maximum absolute atomic E-state index is 12.7. The number of pyridine rings is 1. The van der Waals surface area contributed by atoms with E-state index in [0.717, 1.165) is 29.4 Å². The number of benzene rings is 1. The van der Waals surface area contributed by atoms with Gasteiger partial charge in [-0.1, -0.05) is 31.0 Å². The minimum atomic E-state index is -0.0379. The van der Waals surface area contributed by atoms with Crippen LogP contribution in [0.25, 0.3) is 10.9 Å². The smallest absolute Gasteiger partial charge is 0.252 e. The predicted molar refractivity (Wildman–Crippen MR) is 96.0 cm³/mol. The second-order valence-electron chi connectivity index (χ2n) is 6.19. The lowest BCUT2D eigenvalue weighted by atomic mass is 9.97. The summed E-state index contributed by atoms with van der Waals surface area (Å²) < 4.78 is 0. The molecule has 5 heteroatoms. The fraction of sp³-hybridized carbons (Fsp3) is 0.444. The lowest BCUT2D eigenvalue weighted by molar-refractivity contribution is 0.0925. The number of halogens is 1. The maximum Gasteiger partial charge on any atom is 0.252 e. The van der Waals surface area contributed by atoms with Gasteiger partial charge in [-0.05, 0) is 37.8 Å². The van der Waals surface area contributed by atoms with E-state index in [4.69, 9.17) is 5.73 Å². The van der Waals surface area contributed by atoms with Crippen molar-refractivity contribution in [3.8, 4) is 0 Å².